The van der Waals surface area contributed by atoms with Crippen LogP contribution in [0.4, 0.5) is 0 Å². The van der Waals surface area contributed by atoms with Crippen molar-refractivity contribution < 1.29 is 0 Å². The van der Waals surface area contributed by atoms with Crippen LogP contribution in [0.2, 0.25) is 0 Å². The highest BCUT2D eigenvalue weighted by Gasteiger charge is 2.25. The van der Waals surface area contributed by atoms with E-state index in [4.69, 9.17) is 0 Å². The van der Waals surface area contributed by atoms with Gasteiger partial charge in [-0.1, -0.05) is 20.3 Å². The van der Waals surface area contributed by atoms with E-state index in [-0.39, 0.29) is 0 Å². The molecule has 0 aromatic rings. The summed E-state index contributed by atoms with van der Waals surface area (Å²) >= 11 is 0. The maximum absolute atomic E-state index is 3.53. The molecule has 0 amide bonds. The minimum absolute atomic E-state index is 0.692. The van der Waals surface area contributed by atoms with Gasteiger partial charge in [0.2, 0.25) is 0 Å². The molecule has 0 bridgehead atoms. The molecule has 0 radical (unpaired) electrons. The van der Waals surface area contributed by atoms with Crippen molar-refractivity contribution >= 4 is 0 Å². The van der Waals surface area contributed by atoms with Gasteiger partial charge in [0.05, 0.1) is 0 Å². The molecule has 1 fully saturated rings. The van der Waals surface area contributed by atoms with Crippen LogP contribution in [-0.2, 0) is 0 Å². The smallest absolute Gasteiger partial charge is 0.0223 e. The SMILES string of the molecule is CCCC(CNCC)N1CCCN(C)CC1C. The number of likely N-dealkylation sites (N-methyl/N-ethyl adjacent to an activating group) is 2. The van der Waals surface area contributed by atoms with Crippen LogP contribution in [0, 0.1) is 0 Å². The van der Waals surface area contributed by atoms with Crippen LogP contribution in [0.15, 0.2) is 0 Å². The first-order chi connectivity index (χ1) is 8.19. The Morgan fingerprint density at radius 3 is 2.71 bits per heavy atom. The predicted molar refractivity (Wildman–Crippen MR) is 75.5 cm³/mol. The third-order valence-electron chi connectivity index (χ3n) is 3.82. The molecular formula is C14H31N3. The molecule has 1 N–H and O–H groups in total. The Morgan fingerprint density at radius 2 is 2.06 bits per heavy atom. The Kier molecular flexibility index (Phi) is 7.09. The Labute approximate surface area is 108 Å². The van der Waals surface area contributed by atoms with E-state index in [1.54, 1.807) is 0 Å². The van der Waals surface area contributed by atoms with E-state index in [1.807, 2.05) is 0 Å². The number of nitrogens with one attached hydrogen (secondary N) is 1. The average molecular weight is 241 g/mol. The largest absolute Gasteiger partial charge is 0.315 e. The summed E-state index contributed by atoms with van der Waals surface area (Å²) in [6.07, 6.45) is 3.92. The van der Waals surface area contributed by atoms with Crippen molar-refractivity contribution in [1.82, 2.24) is 15.1 Å². The van der Waals surface area contributed by atoms with Crippen LogP contribution in [0.1, 0.15) is 40.0 Å². The lowest BCUT2D eigenvalue weighted by atomic mass is 10.1. The van der Waals surface area contributed by atoms with E-state index in [0.29, 0.717) is 6.04 Å². The van der Waals surface area contributed by atoms with Crippen molar-refractivity contribution in [2.45, 2.75) is 52.1 Å². The Bertz CT molecular complexity index is 196. The molecule has 0 saturated carbocycles. The standard InChI is InChI=1S/C14H31N3/c1-5-8-14(11-15-6-2)17-10-7-9-16(4)12-13(17)3/h13-15H,5-12H2,1-4H3. The lowest BCUT2D eigenvalue weighted by Crippen LogP contribution is -2.48. The molecule has 0 aliphatic carbocycles. The van der Waals surface area contributed by atoms with Crippen molar-refractivity contribution in [2.75, 3.05) is 39.8 Å². The molecule has 1 aliphatic heterocycles. The second kappa shape index (κ2) is 8.06. The molecule has 0 aromatic heterocycles. The summed E-state index contributed by atoms with van der Waals surface area (Å²) in [5, 5.41) is 3.53. The van der Waals surface area contributed by atoms with Gasteiger partial charge >= 0.3 is 0 Å². The van der Waals surface area contributed by atoms with Crippen LogP contribution >= 0.6 is 0 Å². The molecule has 1 aliphatic rings. The first-order valence-electron chi connectivity index (χ1n) is 7.34. The summed E-state index contributed by atoms with van der Waals surface area (Å²) in [4.78, 5) is 5.20. The molecule has 17 heavy (non-hydrogen) atoms. The first kappa shape index (κ1) is 14.9. The number of hydrogen-bond acceptors (Lipinski definition) is 3. The normalized spacial score (nSPS) is 25.8. The predicted octanol–water partition coefficient (Wildman–Crippen LogP) is 1.79. The van der Waals surface area contributed by atoms with Gasteiger partial charge in [0.25, 0.3) is 0 Å². The van der Waals surface area contributed by atoms with Crippen LogP contribution in [0.3, 0.4) is 0 Å². The molecule has 2 unspecified atom stereocenters. The Morgan fingerprint density at radius 1 is 1.29 bits per heavy atom. The summed E-state index contributed by atoms with van der Waals surface area (Å²) in [6, 6.07) is 1.42. The van der Waals surface area contributed by atoms with Gasteiger partial charge in [-0.3, -0.25) is 4.90 Å². The topological polar surface area (TPSA) is 18.5 Å². The van der Waals surface area contributed by atoms with Crippen molar-refractivity contribution in [3.05, 3.63) is 0 Å². The van der Waals surface area contributed by atoms with Crippen molar-refractivity contribution in [3.8, 4) is 0 Å². The van der Waals surface area contributed by atoms with Gasteiger partial charge in [0, 0.05) is 31.7 Å². The fraction of sp³-hybridized carbons (Fsp3) is 1.00. The fourth-order valence-corrected chi connectivity index (χ4v) is 2.96. The second-order valence-electron chi connectivity index (χ2n) is 5.45. The highest BCUT2D eigenvalue weighted by atomic mass is 15.3. The lowest BCUT2D eigenvalue weighted by Gasteiger charge is -2.35. The van der Waals surface area contributed by atoms with Crippen LogP contribution in [0.5, 0.6) is 0 Å². The molecule has 1 saturated heterocycles. The zero-order valence-electron chi connectivity index (χ0n) is 12.2. The summed E-state index contributed by atoms with van der Waals surface area (Å²) in [6.45, 7) is 12.8. The van der Waals surface area contributed by atoms with Crippen LogP contribution in [-0.4, -0.2) is 61.7 Å². The van der Waals surface area contributed by atoms with E-state index in [2.05, 4.69) is 42.9 Å². The highest BCUT2D eigenvalue weighted by molar-refractivity contribution is 4.82. The molecule has 3 heteroatoms. The molecule has 0 aromatic carbocycles. The van der Waals surface area contributed by atoms with Gasteiger partial charge in [0.15, 0.2) is 0 Å². The summed E-state index contributed by atoms with van der Waals surface area (Å²) < 4.78 is 0. The Hall–Kier alpha value is -0.120. The number of rotatable bonds is 6. The summed E-state index contributed by atoms with van der Waals surface area (Å²) in [5.41, 5.74) is 0. The number of hydrogen-bond donors (Lipinski definition) is 1. The van der Waals surface area contributed by atoms with Gasteiger partial charge < -0.3 is 10.2 Å². The molecule has 3 nitrogen and oxygen atoms in total. The monoisotopic (exact) mass is 241 g/mol. The molecule has 2 atom stereocenters. The molecule has 102 valence electrons. The van der Waals surface area contributed by atoms with Gasteiger partial charge in [-0.25, -0.2) is 0 Å². The van der Waals surface area contributed by atoms with E-state index in [1.165, 1.54) is 38.9 Å². The first-order valence-corrected chi connectivity index (χ1v) is 7.34. The van der Waals surface area contributed by atoms with E-state index < -0.39 is 0 Å². The minimum Gasteiger partial charge on any atom is -0.315 e. The van der Waals surface area contributed by atoms with E-state index >= 15 is 0 Å². The average Bonchev–Trinajstić information content (AvgIpc) is 2.45. The quantitative estimate of drug-likeness (QED) is 0.765. The maximum Gasteiger partial charge on any atom is 0.0223 e. The molecular weight excluding hydrogens is 210 g/mol. The zero-order valence-corrected chi connectivity index (χ0v) is 12.2. The van der Waals surface area contributed by atoms with Gasteiger partial charge in [-0.2, -0.15) is 0 Å². The molecule has 0 spiro atoms. The van der Waals surface area contributed by atoms with Crippen molar-refractivity contribution in [2.24, 2.45) is 0 Å². The third-order valence-corrected chi connectivity index (χ3v) is 3.82. The lowest BCUT2D eigenvalue weighted by molar-refractivity contribution is 0.133. The summed E-state index contributed by atoms with van der Waals surface area (Å²) in [5.74, 6) is 0. The third kappa shape index (κ3) is 4.94. The molecule has 1 heterocycles. The second-order valence-corrected chi connectivity index (χ2v) is 5.45. The van der Waals surface area contributed by atoms with Crippen LogP contribution in [0.25, 0.3) is 0 Å². The van der Waals surface area contributed by atoms with Gasteiger partial charge in [0.1, 0.15) is 0 Å². The fourth-order valence-electron chi connectivity index (χ4n) is 2.96. The van der Waals surface area contributed by atoms with E-state index in [0.717, 1.165) is 19.1 Å². The molecule has 1 rings (SSSR count). The Balaban J connectivity index is 2.56. The zero-order chi connectivity index (χ0) is 12.7. The van der Waals surface area contributed by atoms with Gasteiger partial charge in [-0.15, -0.1) is 0 Å². The van der Waals surface area contributed by atoms with Gasteiger partial charge in [-0.05, 0) is 39.9 Å². The minimum atomic E-state index is 0.692. The van der Waals surface area contributed by atoms with Crippen molar-refractivity contribution in [1.29, 1.82) is 0 Å². The van der Waals surface area contributed by atoms with Crippen LogP contribution < -0.4 is 5.32 Å². The summed E-state index contributed by atoms with van der Waals surface area (Å²) in [7, 11) is 2.25. The highest BCUT2D eigenvalue weighted by Crippen LogP contribution is 2.15. The number of nitrogens with zero attached hydrogens (tertiary/aromatic N) is 2. The maximum atomic E-state index is 3.53. The van der Waals surface area contributed by atoms with Crippen molar-refractivity contribution in [3.63, 3.8) is 0 Å². The van der Waals surface area contributed by atoms with E-state index in [9.17, 15) is 0 Å².